The Kier molecular flexibility index (Phi) is 6.28. The Morgan fingerprint density at radius 1 is 1.15 bits per heavy atom. The number of benzene rings is 1. The number of ether oxygens (including phenoxy) is 2. The summed E-state index contributed by atoms with van der Waals surface area (Å²) in [5.74, 6) is 0.648. The number of nitrogens with zero attached hydrogens (tertiary/aromatic N) is 3. The molecule has 6 heteroatoms. The molecule has 2 heterocycles. The smallest absolute Gasteiger partial charge is 0.296 e. The first-order valence-corrected chi connectivity index (χ1v) is 9.24. The van der Waals surface area contributed by atoms with Gasteiger partial charge in [0.1, 0.15) is 11.4 Å². The zero-order valence-electron chi connectivity index (χ0n) is 15.6. The Bertz CT molecular complexity index is 718. The van der Waals surface area contributed by atoms with Crippen LogP contribution in [0.25, 0.3) is 0 Å². The Morgan fingerprint density at radius 3 is 2.58 bits per heavy atom. The van der Waals surface area contributed by atoms with Crippen LogP contribution in [0.15, 0.2) is 30.5 Å². The SMILES string of the molecule is COc1ccc(C(=O)c2cnc(OCCCN3CCCCC3)n2C)cc1. The summed E-state index contributed by atoms with van der Waals surface area (Å²) in [6.45, 7) is 4.06. The van der Waals surface area contributed by atoms with Crippen molar-refractivity contribution in [1.29, 1.82) is 0 Å². The molecule has 2 aromatic rings. The summed E-state index contributed by atoms with van der Waals surface area (Å²) >= 11 is 0. The second kappa shape index (κ2) is 8.85. The van der Waals surface area contributed by atoms with Crippen LogP contribution in [0.5, 0.6) is 11.8 Å². The highest BCUT2D eigenvalue weighted by Crippen LogP contribution is 2.18. The Labute approximate surface area is 154 Å². The van der Waals surface area contributed by atoms with Gasteiger partial charge in [0.05, 0.1) is 19.9 Å². The van der Waals surface area contributed by atoms with Crippen molar-refractivity contribution in [2.45, 2.75) is 25.7 Å². The van der Waals surface area contributed by atoms with Gasteiger partial charge in [-0.1, -0.05) is 6.42 Å². The van der Waals surface area contributed by atoms with Crippen LogP contribution in [0.1, 0.15) is 41.7 Å². The molecule has 0 unspecified atom stereocenters. The first kappa shape index (κ1) is 18.5. The van der Waals surface area contributed by atoms with Crippen molar-refractivity contribution in [3.05, 3.63) is 41.7 Å². The van der Waals surface area contributed by atoms with E-state index in [1.54, 1.807) is 42.1 Å². The maximum atomic E-state index is 12.7. The predicted octanol–water partition coefficient (Wildman–Crippen LogP) is 2.91. The zero-order chi connectivity index (χ0) is 18.4. The summed E-state index contributed by atoms with van der Waals surface area (Å²) < 4.78 is 12.6. The maximum Gasteiger partial charge on any atom is 0.296 e. The first-order valence-electron chi connectivity index (χ1n) is 9.24. The standard InChI is InChI=1S/C20H27N3O3/c1-22-18(19(24)16-7-9-17(25-2)10-8-16)15-21-20(22)26-14-6-13-23-11-4-3-5-12-23/h7-10,15H,3-6,11-14H2,1-2H3. The number of hydrogen-bond donors (Lipinski definition) is 0. The molecule has 0 saturated carbocycles. The number of piperidine rings is 1. The summed E-state index contributed by atoms with van der Waals surface area (Å²) in [6.07, 6.45) is 6.50. The molecule has 0 aliphatic carbocycles. The lowest BCUT2D eigenvalue weighted by Crippen LogP contribution is -2.31. The van der Waals surface area contributed by atoms with Gasteiger partial charge < -0.3 is 14.4 Å². The van der Waals surface area contributed by atoms with Crippen molar-refractivity contribution >= 4 is 5.78 Å². The molecule has 3 rings (SSSR count). The van der Waals surface area contributed by atoms with Crippen molar-refractivity contribution in [1.82, 2.24) is 14.5 Å². The molecule has 0 radical (unpaired) electrons. The second-order valence-electron chi connectivity index (χ2n) is 6.65. The number of carbonyl (C=O) groups excluding carboxylic acids is 1. The van der Waals surface area contributed by atoms with Crippen LogP contribution in [0.2, 0.25) is 0 Å². The monoisotopic (exact) mass is 357 g/mol. The average molecular weight is 357 g/mol. The lowest BCUT2D eigenvalue weighted by molar-refractivity contribution is 0.103. The van der Waals surface area contributed by atoms with Crippen LogP contribution in [0.4, 0.5) is 0 Å². The lowest BCUT2D eigenvalue weighted by Gasteiger charge is -2.26. The van der Waals surface area contributed by atoms with E-state index in [0.717, 1.165) is 18.7 Å². The molecule has 26 heavy (non-hydrogen) atoms. The van der Waals surface area contributed by atoms with E-state index in [0.29, 0.717) is 23.9 Å². The van der Waals surface area contributed by atoms with Crippen molar-refractivity contribution in [3.8, 4) is 11.8 Å². The number of rotatable bonds is 8. The molecule has 1 aromatic carbocycles. The van der Waals surface area contributed by atoms with Gasteiger partial charge in [0.2, 0.25) is 5.78 Å². The zero-order valence-corrected chi connectivity index (χ0v) is 15.6. The molecule has 1 aliphatic heterocycles. The van der Waals surface area contributed by atoms with E-state index in [9.17, 15) is 4.79 Å². The molecule has 140 valence electrons. The molecule has 1 aliphatic rings. The molecule has 0 atom stereocenters. The molecular formula is C20H27N3O3. The fourth-order valence-electron chi connectivity index (χ4n) is 3.26. The van der Waals surface area contributed by atoms with Crippen LogP contribution in [-0.2, 0) is 7.05 Å². The van der Waals surface area contributed by atoms with E-state index in [2.05, 4.69) is 9.88 Å². The molecule has 0 amide bonds. The van der Waals surface area contributed by atoms with E-state index in [1.165, 1.54) is 32.4 Å². The molecular weight excluding hydrogens is 330 g/mol. The molecule has 1 saturated heterocycles. The lowest BCUT2D eigenvalue weighted by atomic mass is 10.1. The van der Waals surface area contributed by atoms with Gasteiger partial charge in [-0.2, -0.15) is 0 Å². The summed E-state index contributed by atoms with van der Waals surface area (Å²) in [5.41, 5.74) is 1.12. The van der Waals surface area contributed by atoms with Crippen molar-refractivity contribution < 1.29 is 14.3 Å². The van der Waals surface area contributed by atoms with E-state index >= 15 is 0 Å². The van der Waals surface area contributed by atoms with Crippen molar-refractivity contribution in [2.75, 3.05) is 33.4 Å². The highest BCUT2D eigenvalue weighted by molar-refractivity contribution is 6.07. The molecule has 6 nitrogen and oxygen atoms in total. The summed E-state index contributed by atoms with van der Waals surface area (Å²) in [6, 6.07) is 7.56. The molecule has 0 bridgehead atoms. The van der Waals surface area contributed by atoms with Crippen LogP contribution < -0.4 is 9.47 Å². The number of methoxy groups -OCH3 is 1. The fraction of sp³-hybridized carbons (Fsp3) is 0.500. The molecule has 0 N–H and O–H groups in total. The number of carbonyl (C=O) groups is 1. The number of aromatic nitrogens is 2. The minimum absolute atomic E-state index is 0.0779. The normalized spacial score (nSPS) is 15.0. The van der Waals surface area contributed by atoms with E-state index in [1.807, 2.05) is 7.05 Å². The van der Waals surface area contributed by atoms with Gasteiger partial charge in [0.25, 0.3) is 6.01 Å². The Morgan fingerprint density at radius 2 is 1.88 bits per heavy atom. The van der Waals surface area contributed by atoms with Gasteiger partial charge in [-0.15, -0.1) is 0 Å². The molecule has 0 spiro atoms. The third-order valence-corrected chi connectivity index (χ3v) is 4.83. The summed E-state index contributed by atoms with van der Waals surface area (Å²) in [4.78, 5) is 19.4. The van der Waals surface area contributed by atoms with Crippen LogP contribution in [-0.4, -0.2) is 53.6 Å². The Balaban J connectivity index is 1.54. The van der Waals surface area contributed by atoms with Gasteiger partial charge in [-0.25, -0.2) is 4.98 Å². The average Bonchev–Trinajstić information content (AvgIpc) is 3.06. The minimum Gasteiger partial charge on any atom is -0.497 e. The fourth-order valence-corrected chi connectivity index (χ4v) is 3.26. The third kappa shape index (κ3) is 4.43. The summed E-state index contributed by atoms with van der Waals surface area (Å²) in [5, 5.41) is 0. The highest BCUT2D eigenvalue weighted by atomic mass is 16.5. The topological polar surface area (TPSA) is 56.6 Å². The highest BCUT2D eigenvalue weighted by Gasteiger charge is 2.17. The number of ketones is 1. The maximum absolute atomic E-state index is 12.7. The quantitative estimate of drug-likeness (QED) is 0.537. The number of imidazole rings is 1. The second-order valence-corrected chi connectivity index (χ2v) is 6.65. The van der Waals surface area contributed by atoms with Gasteiger partial charge >= 0.3 is 0 Å². The predicted molar refractivity (Wildman–Crippen MR) is 100 cm³/mol. The van der Waals surface area contributed by atoms with Gasteiger partial charge in [-0.3, -0.25) is 9.36 Å². The van der Waals surface area contributed by atoms with Crippen molar-refractivity contribution in [3.63, 3.8) is 0 Å². The van der Waals surface area contributed by atoms with Gasteiger partial charge in [0.15, 0.2) is 0 Å². The van der Waals surface area contributed by atoms with E-state index in [4.69, 9.17) is 9.47 Å². The number of hydrogen-bond acceptors (Lipinski definition) is 5. The number of likely N-dealkylation sites (tertiary alicyclic amines) is 1. The van der Waals surface area contributed by atoms with E-state index in [-0.39, 0.29) is 5.78 Å². The van der Waals surface area contributed by atoms with Gasteiger partial charge in [-0.05, 0) is 56.6 Å². The Hall–Kier alpha value is -2.34. The molecule has 1 aromatic heterocycles. The van der Waals surface area contributed by atoms with E-state index < -0.39 is 0 Å². The van der Waals surface area contributed by atoms with Gasteiger partial charge in [0, 0.05) is 19.2 Å². The van der Waals surface area contributed by atoms with Crippen molar-refractivity contribution in [2.24, 2.45) is 7.05 Å². The van der Waals surface area contributed by atoms with Crippen LogP contribution in [0.3, 0.4) is 0 Å². The van der Waals surface area contributed by atoms with Crippen LogP contribution >= 0.6 is 0 Å². The minimum atomic E-state index is -0.0779. The van der Waals surface area contributed by atoms with Crippen LogP contribution in [0, 0.1) is 0 Å². The first-order chi connectivity index (χ1) is 12.7. The molecule has 1 fully saturated rings. The largest absolute Gasteiger partial charge is 0.497 e. The summed E-state index contributed by atoms with van der Waals surface area (Å²) in [7, 11) is 3.41. The third-order valence-electron chi connectivity index (χ3n) is 4.83.